The minimum absolute atomic E-state index is 0.0324. The molecular formula is C6H13NO6S. The lowest BCUT2D eigenvalue weighted by Gasteiger charge is -2.04. The summed E-state index contributed by atoms with van der Waals surface area (Å²) in [4.78, 5) is 10.7. The average Bonchev–Trinajstić information content (AvgIpc) is 2.51. The minimum atomic E-state index is -4.67. The Labute approximate surface area is 82.0 Å². The van der Waals surface area contributed by atoms with Crippen molar-refractivity contribution in [2.75, 3.05) is 13.7 Å². The first-order chi connectivity index (χ1) is 6.34. The van der Waals surface area contributed by atoms with Gasteiger partial charge >= 0.3 is 16.4 Å². The number of ether oxygens (including phenoxy) is 1. The lowest BCUT2D eigenvalue weighted by atomic mass is 10.2. The average molecular weight is 227 g/mol. The second kappa shape index (κ2) is 5.91. The van der Waals surface area contributed by atoms with Crippen molar-refractivity contribution in [1.29, 1.82) is 0 Å². The van der Waals surface area contributed by atoms with Crippen LogP contribution in [0.1, 0.15) is 12.8 Å². The number of nitrogens with one attached hydrogen (secondary N) is 1. The van der Waals surface area contributed by atoms with Gasteiger partial charge in [0.05, 0.1) is 7.11 Å². The molecule has 1 aliphatic heterocycles. The zero-order valence-corrected chi connectivity index (χ0v) is 8.45. The summed E-state index contributed by atoms with van der Waals surface area (Å²) >= 11 is 0. The van der Waals surface area contributed by atoms with Gasteiger partial charge in [-0.3, -0.25) is 13.9 Å². The van der Waals surface area contributed by atoms with Crippen LogP contribution in [-0.4, -0.2) is 43.2 Å². The maximum absolute atomic E-state index is 10.7. The highest BCUT2D eigenvalue weighted by molar-refractivity contribution is 7.79. The lowest BCUT2D eigenvalue weighted by molar-refractivity contribution is -0.142. The molecule has 8 heteroatoms. The van der Waals surface area contributed by atoms with Crippen LogP contribution in [0.2, 0.25) is 0 Å². The highest BCUT2D eigenvalue weighted by Crippen LogP contribution is 2.05. The van der Waals surface area contributed by atoms with Crippen molar-refractivity contribution in [1.82, 2.24) is 5.32 Å². The van der Waals surface area contributed by atoms with Crippen molar-refractivity contribution < 1.29 is 27.1 Å². The third-order valence-corrected chi connectivity index (χ3v) is 1.55. The fraction of sp³-hybridized carbons (Fsp3) is 0.833. The molecule has 1 heterocycles. The Morgan fingerprint density at radius 1 is 1.50 bits per heavy atom. The largest absolute Gasteiger partial charge is 0.468 e. The van der Waals surface area contributed by atoms with Gasteiger partial charge in [0.25, 0.3) is 0 Å². The van der Waals surface area contributed by atoms with E-state index in [0.717, 1.165) is 19.4 Å². The van der Waals surface area contributed by atoms with Crippen LogP contribution in [-0.2, 0) is 19.9 Å². The van der Waals surface area contributed by atoms with Crippen LogP contribution in [0.15, 0.2) is 0 Å². The standard InChI is InChI=1S/C6H11NO2.H2O4S/c1-9-6(8)5-3-2-4-7-5;1-5(2,3)4/h5,7H,2-4H2,1H3;(H2,1,2,3,4)/t5-;/m0./s1. The van der Waals surface area contributed by atoms with E-state index < -0.39 is 10.4 Å². The van der Waals surface area contributed by atoms with E-state index in [1.807, 2.05) is 0 Å². The number of hydrogen-bond donors (Lipinski definition) is 3. The Morgan fingerprint density at radius 2 is 2.00 bits per heavy atom. The van der Waals surface area contributed by atoms with Crippen molar-refractivity contribution in [3.8, 4) is 0 Å². The molecule has 1 fully saturated rings. The molecule has 84 valence electrons. The van der Waals surface area contributed by atoms with Gasteiger partial charge in [0.2, 0.25) is 0 Å². The molecule has 14 heavy (non-hydrogen) atoms. The summed E-state index contributed by atoms with van der Waals surface area (Å²) in [6.07, 6.45) is 2.01. The SMILES string of the molecule is COC(=O)[C@@H]1CCCN1.O=S(=O)(O)O. The van der Waals surface area contributed by atoms with E-state index in [1.165, 1.54) is 7.11 Å². The second-order valence-corrected chi connectivity index (χ2v) is 3.52. The summed E-state index contributed by atoms with van der Waals surface area (Å²) in [5, 5.41) is 3.03. The van der Waals surface area contributed by atoms with Gasteiger partial charge in [-0.25, -0.2) is 0 Å². The van der Waals surface area contributed by atoms with E-state index in [0.29, 0.717) is 0 Å². The van der Waals surface area contributed by atoms with Crippen LogP contribution in [0.5, 0.6) is 0 Å². The fourth-order valence-electron chi connectivity index (χ4n) is 1.03. The van der Waals surface area contributed by atoms with Crippen molar-refractivity contribution in [2.45, 2.75) is 18.9 Å². The summed E-state index contributed by atoms with van der Waals surface area (Å²) in [5.74, 6) is -0.132. The number of carbonyl (C=O) groups is 1. The third-order valence-electron chi connectivity index (χ3n) is 1.55. The molecule has 0 saturated carbocycles. The van der Waals surface area contributed by atoms with E-state index in [1.54, 1.807) is 0 Å². The van der Waals surface area contributed by atoms with E-state index in [2.05, 4.69) is 10.1 Å². The number of esters is 1. The lowest BCUT2D eigenvalue weighted by Crippen LogP contribution is -2.31. The molecule has 1 rings (SSSR count). The van der Waals surface area contributed by atoms with Crippen LogP contribution in [0, 0.1) is 0 Å². The van der Waals surface area contributed by atoms with Gasteiger partial charge in [-0.15, -0.1) is 0 Å². The van der Waals surface area contributed by atoms with Crippen LogP contribution in [0.25, 0.3) is 0 Å². The van der Waals surface area contributed by atoms with Crippen LogP contribution in [0.4, 0.5) is 0 Å². The summed E-state index contributed by atoms with van der Waals surface area (Å²) in [6, 6.07) is -0.0324. The molecule has 7 nitrogen and oxygen atoms in total. The predicted octanol–water partition coefficient (Wildman–Crippen LogP) is -0.741. The number of rotatable bonds is 1. The van der Waals surface area contributed by atoms with Crippen molar-refractivity contribution in [2.24, 2.45) is 0 Å². The number of carbonyl (C=O) groups excluding carboxylic acids is 1. The van der Waals surface area contributed by atoms with Gasteiger partial charge in [-0.1, -0.05) is 0 Å². The quantitative estimate of drug-likeness (QED) is 0.399. The monoisotopic (exact) mass is 227 g/mol. The second-order valence-electron chi connectivity index (χ2n) is 2.62. The summed E-state index contributed by atoms with van der Waals surface area (Å²) < 4.78 is 36.1. The van der Waals surface area contributed by atoms with E-state index in [-0.39, 0.29) is 12.0 Å². The van der Waals surface area contributed by atoms with Gasteiger partial charge in [0.15, 0.2) is 0 Å². The van der Waals surface area contributed by atoms with Crippen molar-refractivity contribution in [3.63, 3.8) is 0 Å². The third kappa shape index (κ3) is 7.92. The molecule has 1 atom stereocenters. The fourth-order valence-corrected chi connectivity index (χ4v) is 1.03. The number of hydrogen-bond acceptors (Lipinski definition) is 5. The predicted molar refractivity (Wildman–Crippen MR) is 47.2 cm³/mol. The molecule has 0 radical (unpaired) electrons. The summed E-state index contributed by atoms with van der Waals surface area (Å²) in [6.45, 7) is 0.944. The van der Waals surface area contributed by atoms with Crippen LogP contribution in [0.3, 0.4) is 0 Å². The van der Waals surface area contributed by atoms with E-state index in [4.69, 9.17) is 17.5 Å². The molecular weight excluding hydrogens is 214 g/mol. The van der Waals surface area contributed by atoms with Crippen LogP contribution >= 0.6 is 0 Å². The Bertz CT molecular complexity index is 260. The van der Waals surface area contributed by atoms with E-state index >= 15 is 0 Å². The molecule has 0 aromatic carbocycles. The first kappa shape index (κ1) is 13.3. The molecule has 0 unspecified atom stereocenters. The molecule has 3 N–H and O–H groups in total. The van der Waals surface area contributed by atoms with Gasteiger partial charge in [0.1, 0.15) is 6.04 Å². The van der Waals surface area contributed by atoms with Crippen molar-refractivity contribution in [3.05, 3.63) is 0 Å². The normalized spacial score (nSPS) is 20.9. The first-order valence-corrected chi connectivity index (χ1v) is 5.25. The minimum Gasteiger partial charge on any atom is -0.468 e. The molecule has 0 aromatic rings. The van der Waals surface area contributed by atoms with Gasteiger partial charge in [0, 0.05) is 0 Å². The Hall–Kier alpha value is -0.700. The van der Waals surface area contributed by atoms with Crippen molar-refractivity contribution >= 4 is 16.4 Å². The molecule has 1 aliphatic rings. The van der Waals surface area contributed by atoms with Gasteiger partial charge in [-0.05, 0) is 19.4 Å². The Morgan fingerprint density at radius 3 is 2.29 bits per heavy atom. The zero-order valence-electron chi connectivity index (χ0n) is 7.63. The molecule has 0 aromatic heterocycles. The highest BCUT2D eigenvalue weighted by Gasteiger charge is 2.21. The van der Waals surface area contributed by atoms with Gasteiger partial charge in [-0.2, -0.15) is 8.42 Å². The molecule has 0 aliphatic carbocycles. The van der Waals surface area contributed by atoms with Crippen LogP contribution < -0.4 is 5.32 Å². The first-order valence-electron chi connectivity index (χ1n) is 3.85. The maximum Gasteiger partial charge on any atom is 0.394 e. The molecule has 1 saturated heterocycles. The highest BCUT2D eigenvalue weighted by atomic mass is 32.3. The molecule has 0 spiro atoms. The number of methoxy groups -OCH3 is 1. The molecule has 0 bridgehead atoms. The van der Waals surface area contributed by atoms with E-state index in [9.17, 15) is 4.79 Å². The Kier molecular flexibility index (Phi) is 5.62. The summed E-state index contributed by atoms with van der Waals surface area (Å²) in [7, 11) is -3.25. The zero-order chi connectivity index (χ0) is 11.2. The smallest absolute Gasteiger partial charge is 0.394 e. The Balaban J connectivity index is 0.000000292. The molecule has 0 amide bonds. The maximum atomic E-state index is 10.7. The van der Waals surface area contributed by atoms with Gasteiger partial charge < -0.3 is 10.1 Å². The topological polar surface area (TPSA) is 113 Å². The summed E-state index contributed by atoms with van der Waals surface area (Å²) in [5.41, 5.74) is 0.